The van der Waals surface area contributed by atoms with Gasteiger partial charge in [0.2, 0.25) is 0 Å². The molecule has 12 heteroatoms. The van der Waals surface area contributed by atoms with Gasteiger partial charge in [-0.3, -0.25) is 4.79 Å². The molecule has 12 nitrogen and oxygen atoms in total. The highest BCUT2D eigenvalue weighted by molar-refractivity contribution is 5.79. The zero-order valence-electron chi connectivity index (χ0n) is 24.1. The summed E-state index contributed by atoms with van der Waals surface area (Å²) in [6.07, 6.45) is -4.23. The third kappa shape index (κ3) is 12.7. The minimum atomic E-state index is -1.88. The van der Waals surface area contributed by atoms with Crippen LogP contribution >= 0.6 is 0 Å². The standard InChI is InChI=1S/C27H41NO11/c1-10-16(2)34-22(31)35-17(3)14-27(28,21(29)30)15-18-11-12-19(36-23(32)38-25(4,5)6)20(13-18)37-24(33)39-26(7,8)9/h11-13,16-17H,10,14-15,28H2,1-9H3,(H,29,30)/t16?,17-,27?/m0/s1. The number of rotatable bonds is 10. The highest BCUT2D eigenvalue weighted by atomic mass is 16.8. The minimum Gasteiger partial charge on any atom is -0.480 e. The molecule has 1 rings (SSSR count). The summed E-state index contributed by atoms with van der Waals surface area (Å²) >= 11 is 0. The minimum absolute atomic E-state index is 0.165. The Bertz CT molecular complexity index is 1030. The largest absolute Gasteiger partial charge is 0.514 e. The number of hydrogen-bond donors (Lipinski definition) is 2. The van der Waals surface area contributed by atoms with Gasteiger partial charge in [0.1, 0.15) is 28.9 Å². The van der Waals surface area contributed by atoms with Crippen LogP contribution in [0.3, 0.4) is 0 Å². The third-order valence-electron chi connectivity index (χ3n) is 4.94. The molecule has 3 N–H and O–H groups in total. The second kappa shape index (κ2) is 13.5. The van der Waals surface area contributed by atoms with Gasteiger partial charge < -0.3 is 39.3 Å². The molecule has 0 radical (unpaired) electrons. The van der Waals surface area contributed by atoms with Gasteiger partial charge in [-0.15, -0.1) is 0 Å². The molecule has 2 unspecified atom stereocenters. The van der Waals surface area contributed by atoms with Crippen molar-refractivity contribution in [3.8, 4) is 11.5 Å². The molecule has 0 fully saturated rings. The van der Waals surface area contributed by atoms with Crippen molar-refractivity contribution >= 4 is 24.4 Å². The van der Waals surface area contributed by atoms with Crippen LogP contribution in [0.2, 0.25) is 0 Å². The van der Waals surface area contributed by atoms with Crippen LogP contribution in [0.15, 0.2) is 18.2 Å². The SMILES string of the molecule is CCC(C)OC(=O)O[C@@H](C)CC(N)(Cc1ccc(OC(=O)OC(C)(C)C)c(OC(=O)OC(C)(C)C)c1)C(=O)O. The summed E-state index contributed by atoms with van der Waals surface area (Å²) < 4.78 is 31.1. The fourth-order valence-electron chi connectivity index (χ4n) is 3.14. The number of carboxylic acid groups (broad SMARTS) is 1. The zero-order valence-corrected chi connectivity index (χ0v) is 24.1. The van der Waals surface area contributed by atoms with Crippen LogP contribution < -0.4 is 15.2 Å². The molecule has 3 atom stereocenters. The van der Waals surface area contributed by atoms with Gasteiger partial charge >= 0.3 is 24.4 Å². The molecule has 0 saturated carbocycles. The Kier molecular flexibility index (Phi) is 11.6. The van der Waals surface area contributed by atoms with E-state index in [0.29, 0.717) is 12.0 Å². The highest BCUT2D eigenvalue weighted by Crippen LogP contribution is 2.32. The molecule has 0 spiro atoms. The number of aliphatic carboxylic acids is 1. The van der Waals surface area contributed by atoms with Crippen molar-refractivity contribution in [2.24, 2.45) is 5.73 Å². The topological polar surface area (TPSA) is 170 Å². The van der Waals surface area contributed by atoms with Crippen molar-refractivity contribution in [1.29, 1.82) is 0 Å². The Balaban J connectivity index is 3.22. The van der Waals surface area contributed by atoms with E-state index in [1.54, 1.807) is 48.5 Å². The third-order valence-corrected chi connectivity index (χ3v) is 4.94. The number of hydrogen-bond acceptors (Lipinski definition) is 11. The lowest BCUT2D eigenvalue weighted by Gasteiger charge is -2.28. The molecule has 0 aliphatic heterocycles. The Morgan fingerprint density at radius 2 is 1.31 bits per heavy atom. The summed E-state index contributed by atoms with van der Waals surface area (Å²) in [6.45, 7) is 14.9. The highest BCUT2D eigenvalue weighted by Gasteiger charge is 2.37. The van der Waals surface area contributed by atoms with E-state index in [2.05, 4.69) is 0 Å². The van der Waals surface area contributed by atoms with Gasteiger partial charge in [0, 0.05) is 12.8 Å². The lowest BCUT2D eigenvalue weighted by molar-refractivity contribution is -0.144. The summed E-state index contributed by atoms with van der Waals surface area (Å²) in [6, 6.07) is 4.07. The Labute approximate surface area is 229 Å². The van der Waals surface area contributed by atoms with Gasteiger partial charge in [-0.2, -0.15) is 0 Å². The average Bonchev–Trinajstić information content (AvgIpc) is 2.72. The van der Waals surface area contributed by atoms with Gasteiger partial charge in [-0.1, -0.05) is 13.0 Å². The van der Waals surface area contributed by atoms with Crippen LogP contribution in [-0.4, -0.2) is 58.5 Å². The van der Waals surface area contributed by atoms with Crippen LogP contribution in [0.5, 0.6) is 11.5 Å². The van der Waals surface area contributed by atoms with Crippen molar-refractivity contribution in [2.45, 2.75) is 111 Å². The maximum Gasteiger partial charge on any atom is 0.514 e. The van der Waals surface area contributed by atoms with Gasteiger partial charge in [0.05, 0.1) is 0 Å². The Hall–Kier alpha value is -3.54. The van der Waals surface area contributed by atoms with Crippen molar-refractivity contribution in [3.05, 3.63) is 23.8 Å². The van der Waals surface area contributed by atoms with Crippen LogP contribution in [0, 0.1) is 0 Å². The molecule has 220 valence electrons. The molecule has 0 bridgehead atoms. The number of nitrogens with two attached hydrogens (primary N) is 1. The van der Waals surface area contributed by atoms with E-state index in [1.165, 1.54) is 25.1 Å². The van der Waals surface area contributed by atoms with E-state index >= 15 is 0 Å². The zero-order chi connectivity index (χ0) is 30.2. The van der Waals surface area contributed by atoms with Crippen molar-refractivity contribution < 1.29 is 52.7 Å². The van der Waals surface area contributed by atoms with E-state index in [1.807, 2.05) is 6.92 Å². The second-order valence-corrected chi connectivity index (χ2v) is 11.3. The van der Waals surface area contributed by atoms with Crippen LogP contribution in [0.4, 0.5) is 14.4 Å². The number of ether oxygens (including phenoxy) is 6. The van der Waals surface area contributed by atoms with Crippen LogP contribution in [0.25, 0.3) is 0 Å². The first-order chi connectivity index (χ1) is 17.7. The molecule has 0 heterocycles. The summed E-state index contributed by atoms with van der Waals surface area (Å²) in [5, 5.41) is 9.90. The molecule has 0 amide bonds. The summed E-state index contributed by atoms with van der Waals surface area (Å²) in [5.74, 6) is -1.74. The predicted octanol–water partition coefficient (Wildman–Crippen LogP) is 5.37. The molecule has 0 aliphatic carbocycles. The van der Waals surface area contributed by atoms with Gasteiger partial charge in [0.15, 0.2) is 11.5 Å². The molecule has 0 saturated heterocycles. The predicted molar refractivity (Wildman–Crippen MR) is 140 cm³/mol. The first kappa shape index (κ1) is 33.5. The van der Waals surface area contributed by atoms with E-state index in [9.17, 15) is 24.3 Å². The fraction of sp³-hybridized carbons (Fsp3) is 0.630. The smallest absolute Gasteiger partial charge is 0.480 e. The van der Waals surface area contributed by atoms with Crippen LogP contribution in [0.1, 0.15) is 80.7 Å². The van der Waals surface area contributed by atoms with E-state index in [-0.39, 0.29) is 30.4 Å². The van der Waals surface area contributed by atoms with Gasteiger partial charge in [-0.05, 0) is 79.5 Å². The molecule has 0 aliphatic rings. The molecular formula is C27H41NO11. The first-order valence-corrected chi connectivity index (χ1v) is 12.6. The number of benzene rings is 1. The van der Waals surface area contributed by atoms with E-state index < -0.39 is 47.3 Å². The summed E-state index contributed by atoms with van der Waals surface area (Å²) in [5.41, 5.74) is 2.96. The second-order valence-electron chi connectivity index (χ2n) is 11.3. The monoisotopic (exact) mass is 555 g/mol. The van der Waals surface area contributed by atoms with Crippen molar-refractivity contribution in [1.82, 2.24) is 0 Å². The van der Waals surface area contributed by atoms with Gasteiger partial charge in [-0.25, -0.2) is 14.4 Å². The normalized spacial score (nSPS) is 14.7. The molecule has 1 aromatic rings. The quantitative estimate of drug-likeness (QED) is 0.215. The molecule has 0 aromatic heterocycles. The van der Waals surface area contributed by atoms with Crippen molar-refractivity contribution in [3.63, 3.8) is 0 Å². The fourth-order valence-corrected chi connectivity index (χ4v) is 3.14. The van der Waals surface area contributed by atoms with Crippen molar-refractivity contribution in [2.75, 3.05) is 0 Å². The van der Waals surface area contributed by atoms with E-state index in [0.717, 1.165) is 0 Å². The lowest BCUT2D eigenvalue weighted by Crippen LogP contribution is -2.52. The molecule has 39 heavy (non-hydrogen) atoms. The lowest BCUT2D eigenvalue weighted by atomic mass is 9.86. The summed E-state index contributed by atoms with van der Waals surface area (Å²) in [7, 11) is 0. The Morgan fingerprint density at radius 1 is 0.821 bits per heavy atom. The average molecular weight is 556 g/mol. The number of carboxylic acids is 1. The first-order valence-electron chi connectivity index (χ1n) is 12.6. The number of carbonyl (C=O) groups excluding carboxylic acids is 3. The maximum absolute atomic E-state index is 12.4. The Morgan fingerprint density at radius 3 is 1.77 bits per heavy atom. The molecular weight excluding hydrogens is 514 g/mol. The molecule has 1 aromatic carbocycles. The van der Waals surface area contributed by atoms with Crippen LogP contribution in [-0.2, 0) is 30.2 Å². The number of carbonyl (C=O) groups is 4. The summed E-state index contributed by atoms with van der Waals surface area (Å²) in [4.78, 5) is 48.7. The van der Waals surface area contributed by atoms with E-state index in [4.69, 9.17) is 34.2 Å². The van der Waals surface area contributed by atoms with Gasteiger partial charge in [0.25, 0.3) is 0 Å². The maximum atomic E-state index is 12.4.